The average Bonchev–Trinajstić information content (AvgIpc) is 2.79. The Balaban J connectivity index is 1.86. The SMILES string of the molecule is COCc1nsc(N(C)CC2CCCCO2)n1. The molecule has 0 radical (unpaired) electrons. The van der Waals surface area contributed by atoms with Crippen LogP contribution in [0.25, 0.3) is 0 Å². The number of hydrogen-bond acceptors (Lipinski definition) is 6. The molecule has 1 saturated heterocycles. The minimum Gasteiger partial charge on any atom is -0.377 e. The summed E-state index contributed by atoms with van der Waals surface area (Å²) in [5.74, 6) is 0.754. The molecule has 0 saturated carbocycles. The van der Waals surface area contributed by atoms with Gasteiger partial charge in [-0.3, -0.25) is 0 Å². The number of ether oxygens (including phenoxy) is 2. The van der Waals surface area contributed by atoms with E-state index in [1.54, 1.807) is 7.11 Å². The van der Waals surface area contributed by atoms with Crippen molar-refractivity contribution >= 4 is 16.7 Å². The lowest BCUT2D eigenvalue weighted by Gasteiger charge is -2.26. The van der Waals surface area contributed by atoms with Crippen molar-refractivity contribution in [1.29, 1.82) is 0 Å². The van der Waals surface area contributed by atoms with Gasteiger partial charge in [0.05, 0.1) is 6.10 Å². The maximum Gasteiger partial charge on any atom is 0.205 e. The van der Waals surface area contributed by atoms with Crippen molar-refractivity contribution in [2.24, 2.45) is 0 Å². The quantitative estimate of drug-likeness (QED) is 0.803. The van der Waals surface area contributed by atoms with Crippen molar-refractivity contribution < 1.29 is 9.47 Å². The Morgan fingerprint density at radius 1 is 1.53 bits per heavy atom. The monoisotopic (exact) mass is 257 g/mol. The normalized spacial score (nSPS) is 20.5. The lowest BCUT2D eigenvalue weighted by molar-refractivity contribution is 0.0216. The van der Waals surface area contributed by atoms with Crippen LogP contribution in [0.1, 0.15) is 25.1 Å². The molecule has 5 nitrogen and oxygen atoms in total. The highest BCUT2D eigenvalue weighted by molar-refractivity contribution is 7.09. The molecule has 6 heteroatoms. The molecule has 0 aromatic carbocycles. The van der Waals surface area contributed by atoms with Gasteiger partial charge < -0.3 is 14.4 Å². The van der Waals surface area contributed by atoms with Gasteiger partial charge in [0.25, 0.3) is 0 Å². The molecule has 17 heavy (non-hydrogen) atoms. The molecule has 0 amide bonds. The van der Waals surface area contributed by atoms with Crippen LogP contribution in [0.5, 0.6) is 0 Å². The van der Waals surface area contributed by atoms with Crippen molar-refractivity contribution in [2.75, 3.05) is 32.2 Å². The van der Waals surface area contributed by atoms with Gasteiger partial charge in [0.2, 0.25) is 5.13 Å². The first-order valence-corrected chi connectivity index (χ1v) is 6.71. The van der Waals surface area contributed by atoms with E-state index in [9.17, 15) is 0 Å². The van der Waals surface area contributed by atoms with Gasteiger partial charge >= 0.3 is 0 Å². The van der Waals surface area contributed by atoms with E-state index < -0.39 is 0 Å². The Morgan fingerprint density at radius 3 is 3.12 bits per heavy atom. The van der Waals surface area contributed by atoms with E-state index in [0.29, 0.717) is 12.7 Å². The third-order valence-electron chi connectivity index (χ3n) is 2.81. The zero-order valence-electron chi connectivity index (χ0n) is 10.4. The summed E-state index contributed by atoms with van der Waals surface area (Å²) in [5, 5.41) is 0.936. The lowest BCUT2D eigenvalue weighted by Crippen LogP contribution is -2.33. The Bertz CT molecular complexity index is 339. The first-order chi connectivity index (χ1) is 8.29. The summed E-state index contributed by atoms with van der Waals surface area (Å²) >= 11 is 1.42. The smallest absolute Gasteiger partial charge is 0.205 e. The predicted octanol–water partition coefficient (Wildman–Crippen LogP) is 1.69. The molecule has 0 N–H and O–H groups in total. The standard InChI is InChI=1S/C11H19N3O2S/c1-14(7-9-5-3-4-6-16-9)11-12-10(8-15-2)13-17-11/h9H,3-8H2,1-2H3. The zero-order chi connectivity index (χ0) is 12.1. The fourth-order valence-electron chi connectivity index (χ4n) is 1.92. The number of likely N-dealkylation sites (N-methyl/N-ethyl adjacent to an activating group) is 1. The number of nitrogens with zero attached hydrogens (tertiary/aromatic N) is 3. The molecule has 1 unspecified atom stereocenters. The first-order valence-electron chi connectivity index (χ1n) is 5.94. The van der Waals surface area contributed by atoms with Gasteiger partial charge in [-0.1, -0.05) is 0 Å². The van der Waals surface area contributed by atoms with Crippen molar-refractivity contribution in [3.8, 4) is 0 Å². The predicted molar refractivity (Wildman–Crippen MR) is 67.5 cm³/mol. The molecular formula is C11H19N3O2S. The van der Waals surface area contributed by atoms with Gasteiger partial charge in [-0.2, -0.15) is 4.37 Å². The van der Waals surface area contributed by atoms with Crippen LogP contribution in [0.4, 0.5) is 5.13 Å². The number of hydrogen-bond donors (Lipinski definition) is 0. The van der Waals surface area contributed by atoms with Gasteiger partial charge in [0.1, 0.15) is 6.61 Å². The van der Waals surface area contributed by atoms with E-state index in [0.717, 1.165) is 30.5 Å². The summed E-state index contributed by atoms with van der Waals surface area (Å²) in [6, 6.07) is 0. The van der Waals surface area contributed by atoms with Crippen molar-refractivity contribution in [1.82, 2.24) is 9.36 Å². The molecule has 1 aliphatic rings. The van der Waals surface area contributed by atoms with Crippen LogP contribution >= 0.6 is 11.5 Å². The lowest BCUT2D eigenvalue weighted by atomic mass is 10.1. The second-order valence-corrected chi connectivity index (χ2v) is 5.03. The first kappa shape index (κ1) is 12.7. The summed E-state index contributed by atoms with van der Waals surface area (Å²) in [4.78, 5) is 6.54. The molecule has 1 atom stereocenters. The van der Waals surface area contributed by atoms with Gasteiger partial charge in [-0.25, -0.2) is 4.98 Å². The van der Waals surface area contributed by atoms with Crippen molar-refractivity contribution in [3.05, 3.63) is 5.82 Å². The minimum atomic E-state index is 0.337. The maximum atomic E-state index is 5.71. The highest BCUT2D eigenvalue weighted by atomic mass is 32.1. The third kappa shape index (κ3) is 3.62. The number of anilines is 1. The summed E-state index contributed by atoms with van der Waals surface area (Å²) in [6.45, 7) is 2.26. The van der Waals surface area contributed by atoms with Crippen LogP contribution < -0.4 is 4.90 Å². The highest BCUT2D eigenvalue weighted by Gasteiger charge is 2.18. The molecule has 0 bridgehead atoms. The molecule has 2 heterocycles. The summed E-state index contributed by atoms with van der Waals surface area (Å²) in [6.07, 6.45) is 3.94. The molecule has 0 aliphatic carbocycles. The van der Waals surface area contributed by atoms with Crippen LogP contribution in [0.2, 0.25) is 0 Å². The minimum absolute atomic E-state index is 0.337. The number of methoxy groups -OCH3 is 1. The molecule has 96 valence electrons. The summed E-state index contributed by atoms with van der Waals surface area (Å²) in [7, 11) is 3.69. The van der Waals surface area contributed by atoms with Crippen molar-refractivity contribution in [3.63, 3.8) is 0 Å². The molecule has 1 aromatic heterocycles. The van der Waals surface area contributed by atoms with Crippen molar-refractivity contribution in [2.45, 2.75) is 32.0 Å². The number of aromatic nitrogens is 2. The average molecular weight is 257 g/mol. The number of rotatable bonds is 5. The van der Waals surface area contributed by atoms with Crippen LogP contribution in [0, 0.1) is 0 Å². The summed E-state index contributed by atoms with van der Waals surface area (Å²) < 4.78 is 15.0. The largest absolute Gasteiger partial charge is 0.377 e. The Hall–Kier alpha value is -0.720. The molecule has 2 rings (SSSR count). The summed E-state index contributed by atoms with van der Waals surface area (Å²) in [5.41, 5.74) is 0. The van der Waals surface area contributed by atoms with Gasteiger partial charge in [-0.05, 0) is 19.3 Å². The van der Waals surface area contributed by atoms with E-state index in [1.165, 1.54) is 24.4 Å². The van der Waals surface area contributed by atoms with E-state index in [1.807, 2.05) is 7.05 Å². The highest BCUT2D eigenvalue weighted by Crippen LogP contribution is 2.19. The van der Waals surface area contributed by atoms with E-state index >= 15 is 0 Å². The topological polar surface area (TPSA) is 47.5 Å². The Morgan fingerprint density at radius 2 is 2.41 bits per heavy atom. The zero-order valence-corrected chi connectivity index (χ0v) is 11.2. The third-order valence-corrected chi connectivity index (χ3v) is 3.68. The van der Waals surface area contributed by atoms with Crippen LogP contribution in [-0.2, 0) is 16.1 Å². The van der Waals surface area contributed by atoms with Gasteiger partial charge in [-0.15, -0.1) is 0 Å². The van der Waals surface area contributed by atoms with E-state index in [-0.39, 0.29) is 0 Å². The molecule has 1 aromatic rings. The van der Waals surface area contributed by atoms with Crippen LogP contribution in [0.3, 0.4) is 0 Å². The van der Waals surface area contributed by atoms with Gasteiger partial charge in [0, 0.05) is 38.8 Å². The van der Waals surface area contributed by atoms with E-state index in [4.69, 9.17) is 9.47 Å². The molecule has 1 aliphatic heterocycles. The Labute approximate surface area is 106 Å². The molecule has 0 spiro atoms. The van der Waals surface area contributed by atoms with Crippen LogP contribution in [-0.4, -0.2) is 42.8 Å². The fourth-order valence-corrected chi connectivity index (χ4v) is 2.56. The molecular weight excluding hydrogens is 238 g/mol. The second-order valence-electron chi connectivity index (χ2n) is 4.30. The van der Waals surface area contributed by atoms with E-state index in [2.05, 4.69) is 14.3 Å². The maximum absolute atomic E-state index is 5.71. The van der Waals surface area contributed by atoms with Crippen LogP contribution in [0.15, 0.2) is 0 Å². The van der Waals surface area contributed by atoms with Gasteiger partial charge in [0.15, 0.2) is 5.82 Å². The second kappa shape index (κ2) is 6.28. The Kier molecular flexibility index (Phi) is 4.70. The molecule has 1 fully saturated rings. The fraction of sp³-hybridized carbons (Fsp3) is 0.818.